The smallest absolute Gasteiger partial charge is 0.298 e. The summed E-state index contributed by atoms with van der Waals surface area (Å²) in [5.41, 5.74) is 6.16. The van der Waals surface area contributed by atoms with Crippen molar-refractivity contribution in [3.63, 3.8) is 0 Å². The van der Waals surface area contributed by atoms with Crippen molar-refractivity contribution in [2.75, 3.05) is 6.61 Å². The summed E-state index contributed by atoms with van der Waals surface area (Å²) in [6.07, 6.45) is 1.74. The zero-order valence-corrected chi connectivity index (χ0v) is 12.8. The molecule has 124 valence electrons. The van der Waals surface area contributed by atoms with Crippen LogP contribution in [0.25, 0.3) is 11.0 Å². The number of aliphatic hydroxyl groups is 1. The highest BCUT2D eigenvalue weighted by molar-refractivity contribution is 5.89. The fourth-order valence-electron chi connectivity index (χ4n) is 2.76. The highest BCUT2D eigenvalue weighted by atomic mass is 16.5. The second-order valence-electron chi connectivity index (χ2n) is 5.50. The lowest BCUT2D eigenvalue weighted by Crippen LogP contribution is -2.32. The minimum absolute atomic E-state index is 0.104. The molecule has 4 N–H and O–H groups in total. The van der Waals surface area contributed by atoms with Gasteiger partial charge in [0.2, 0.25) is 5.96 Å². The first kappa shape index (κ1) is 15.6. The van der Waals surface area contributed by atoms with Crippen molar-refractivity contribution in [1.82, 2.24) is 24.8 Å². The van der Waals surface area contributed by atoms with Gasteiger partial charge in [0.15, 0.2) is 11.7 Å². The molecule has 2 atom stereocenters. The predicted octanol–water partition coefficient (Wildman–Crippen LogP) is -0.648. The van der Waals surface area contributed by atoms with Crippen LogP contribution in [0.2, 0.25) is 0 Å². The van der Waals surface area contributed by atoms with Crippen molar-refractivity contribution < 1.29 is 9.84 Å². The first-order valence-corrected chi connectivity index (χ1v) is 7.54. The lowest BCUT2D eigenvalue weighted by Gasteiger charge is -2.13. The van der Waals surface area contributed by atoms with Crippen LogP contribution in [-0.4, -0.2) is 48.6 Å². The number of aromatic nitrogens is 5. The summed E-state index contributed by atoms with van der Waals surface area (Å²) >= 11 is 0. The van der Waals surface area contributed by atoms with E-state index in [1.165, 1.54) is 0 Å². The average Bonchev–Trinajstić information content (AvgIpc) is 3.13. The summed E-state index contributed by atoms with van der Waals surface area (Å²) in [7, 11) is 0. The van der Waals surface area contributed by atoms with E-state index >= 15 is 0 Å². The van der Waals surface area contributed by atoms with Gasteiger partial charge in [-0.1, -0.05) is 18.6 Å². The Morgan fingerprint density at radius 3 is 2.91 bits per heavy atom. The van der Waals surface area contributed by atoms with Crippen LogP contribution < -0.4 is 11.3 Å². The number of aryl methyl sites for hydroxylation is 1. The first-order valence-electron chi connectivity index (χ1n) is 7.54. The van der Waals surface area contributed by atoms with E-state index in [4.69, 9.17) is 21.0 Å². The molecule has 0 spiro atoms. The van der Waals surface area contributed by atoms with E-state index in [-0.39, 0.29) is 24.2 Å². The molecule has 0 bridgehead atoms. The number of nitrogens with one attached hydrogen (secondary N) is 1. The van der Waals surface area contributed by atoms with Crippen LogP contribution in [0.15, 0.2) is 4.79 Å². The van der Waals surface area contributed by atoms with Gasteiger partial charge in [0.1, 0.15) is 5.52 Å². The Balaban J connectivity index is 2.13. The Bertz CT molecular complexity index is 797. The summed E-state index contributed by atoms with van der Waals surface area (Å²) in [5, 5.41) is 29.0. The molecule has 2 unspecified atom stereocenters. The average molecular weight is 321 g/mol. The van der Waals surface area contributed by atoms with E-state index in [1.54, 1.807) is 0 Å². The molecule has 0 saturated carbocycles. The predicted molar refractivity (Wildman–Crippen MR) is 81.1 cm³/mol. The molecule has 3 heterocycles. The Kier molecular flexibility index (Phi) is 4.09. The summed E-state index contributed by atoms with van der Waals surface area (Å²) < 4.78 is 7.80. The summed E-state index contributed by atoms with van der Waals surface area (Å²) in [6, 6.07) is 0. The molecule has 0 radical (unpaired) electrons. The molecular formula is C13H19N7O3. The maximum atomic E-state index is 12.8. The van der Waals surface area contributed by atoms with Gasteiger partial charge in [-0.3, -0.25) is 10.2 Å². The minimum atomic E-state index is -0.582. The van der Waals surface area contributed by atoms with Gasteiger partial charge in [0.25, 0.3) is 5.56 Å². The highest BCUT2D eigenvalue weighted by Crippen LogP contribution is 2.26. The zero-order chi connectivity index (χ0) is 16.6. The second kappa shape index (κ2) is 6.05. The third-order valence-electron chi connectivity index (χ3n) is 3.86. The SMILES string of the molecule is CCCc1nn(C(=N)N)c2c(=O)n(C3CCC(CO)O3)nnc12. The number of nitrogen functional groups attached to an aromatic ring is 1. The van der Waals surface area contributed by atoms with Crippen molar-refractivity contribution in [2.45, 2.75) is 44.9 Å². The van der Waals surface area contributed by atoms with Gasteiger partial charge in [-0.2, -0.15) is 14.5 Å². The molecule has 3 rings (SSSR count). The van der Waals surface area contributed by atoms with Gasteiger partial charge in [0.05, 0.1) is 18.4 Å². The normalized spacial score (nSPS) is 21.1. The zero-order valence-electron chi connectivity index (χ0n) is 12.8. The van der Waals surface area contributed by atoms with E-state index in [2.05, 4.69) is 15.4 Å². The number of fused-ring (bicyclic) bond motifs is 1. The van der Waals surface area contributed by atoms with Crippen LogP contribution in [0.4, 0.5) is 0 Å². The highest BCUT2D eigenvalue weighted by Gasteiger charge is 2.29. The van der Waals surface area contributed by atoms with Crippen LogP contribution in [0.1, 0.15) is 38.1 Å². The summed E-state index contributed by atoms with van der Waals surface area (Å²) in [4.78, 5) is 12.8. The number of nitrogens with two attached hydrogens (primary N) is 1. The molecule has 0 aromatic carbocycles. The van der Waals surface area contributed by atoms with Gasteiger partial charge >= 0.3 is 0 Å². The molecule has 10 heteroatoms. The number of ether oxygens (including phenoxy) is 1. The molecule has 1 aliphatic heterocycles. The minimum Gasteiger partial charge on any atom is -0.394 e. The standard InChI is InChI=1S/C13H19N7O3/c1-2-3-8-10-11(20(17-8)13(14)15)12(22)19(18-16-10)9-5-4-7(6-21)23-9/h7,9,21H,2-6H2,1H3,(H3,14,15). The maximum Gasteiger partial charge on any atom is 0.298 e. The molecule has 1 fully saturated rings. The van der Waals surface area contributed by atoms with E-state index in [1.807, 2.05) is 6.92 Å². The van der Waals surface area contributed by atoms with E-state index in [0.717, 1.165) is 15.8 Å². The number of hydrogen-bond acceptors (Lipinski definition) is 7. The topological polar surface area (TPSA) is 145 Å². The molecule has 2 aromatic rings. The number of nitrogens with zero attached hydrogens (tertiary/aromatic N) is 5. The Hall–Kier alpha value is -2.33. The fraction of sp³-hybridized carbons (Fsp3) is 0.615. The number of rotatable bonds is 4. The molecule has 0 aliphatic carbocycles. The third-order valence-corrected chi connectivity index (χ3v) is 3.86. The lowest BCUT2D eigenvalue weighted by molar-refractivity contribution is -0.0315. The molecule has 10 nitrogen and oxygen atoms in total. The third kappa shape index (κ3) is 2.59. The summed E-state index contributed by atoms with van der Waals surface area (Å²) in [6.45, 7) is 1.88. The fourth-order valence-corrected chi connectivity index (χ4v) is 2.76. The van der Waals surface area contributed by atoms with Crippen LogP contribution >= 0.6 is 0 Å². The Labute approximate surface area is 131 Å². The van der Waals surface area contributed by atoms with Crippen LogP contribution in [0.3, 0.4) is 0 Å². The van der Waals surface area contributed by atoms with Crippen molar-refractivity contribution in [3.8, 4) is 0 Å². The number of aliphatic hydroxyl groups excluding tert-OH is 1. The van der Waals surface area contributed by atoms with Crippen molar-refractivity contribution >= 4 is 17.0 Å². The molecule has 1 aliphatic rings. The van der Waals surface area contributed by atoms with Crippen LogP contribution in [-0.2, 0) is 11.2 Å². The first-order chi connectivity index (χ1) is 11.1. The molecular weight excluding hydrogens is 302 g/mol. The Morgan fingerprint density at radius 2 is 2.30 bits per heavy atom. The molecule has 23 heavy (non-hydrogen) atoms. The van der Waals surface area contributed by atoms with Gasteiger partial charge in [-0.15, -0.1) is 5.10 Å². The number of hydrogen-bond donors (Lipinski definition) is 3. The van der Waals surface area contributed by atoms with Gasteiger partial charge < -0.3 is 15.6 Å². The van der Waals surface area contributed by atoms with Gasteiger partial charge in [0, 0.05) is 0 Å². The quantitative estimate of drug-likeness (QED) is 0.501. The van der Waals surface area contributed by atoms with Crippen molar-refractivity contribution in [1.29, 1.82) is 5.41 Å². The molecule has 0 amide bonds. The molecule has 1 saturated heterocycles. The maximum absolute atomic E-state index is 12.8. The second-order valence-corrected chi connectivity index (χ2v) is 5.50. The summed E-state index contributed by atoms with van der Waals surface area (Å²) in [5.74, 6) is -0.352. The van der Waals surface area contributed by atoms with E-state index in [9.17, 15) is 4.79 Å². The van der Waals surface area contributed by atoms with Crippen molar-refractivity contribution in [3.05, 3.63) is 16.0 Å². The van der Waals surface area contributed by atoms with Crippen molar-refractivity contribution in [2.24, 2.45) is 5.73 Å². The van der Waals surface area contributed by atoms with E-state index < -0.39 is 11.8 Å². The lowest BCUT2D eigenvalue weighted by atomic mass is 10.2. The Morgan fingerprint density at radius 1 is 1.52 bits per heavy atom. The molecule has 2 aromatic heterocycles. The van der Waals surface area contributed by atoms with Gasteiger partial charge in [-0.25, -0.2) is 0 Å². The van der Waals surface area contributed by atoms with Crippen LogP contribution in [0, 0.1) is 5.41 Å². The largest absolute Gasteiger partial charge is 0.394 e. The van der Waals surface area contributed by atoms with Gasteiger partial charge in [-0.05, 0) is 19.3 Å². The van der Waals surface area contributed by atoms with Crippen LogP contribution in [0.5, 0.6) is 0 Å². The van der Waals surface area contributed by atoms with E-state index in [0.29, 0.717) is 30.5 Å². The monoisotopic (exact) mass is 321 g/mol.